The van der Waals surface area contributed by atoms with Crippen LogP contribution in [0.15, 0.2) is 0 Å². The number of carbonyl (C=O) groups excluding carboxylic acids is 1. The number of rotatable bonds is 4. The fraction of sp³-hybridized carbons (Fsp3) is 0.933. The van der Waals surface area contributed by atoms with Gasteiger partial charge >= 0.3 is 12.2 Å². The van der Waals surface area contributed by atoms with E-state index in [1.807, 2.05) is 0 Å². The maximum Gasteiger partial charge on any atom is 0.401 e. The van der Waals surface area contributed by atoms with Gasteiger partial charge in [0.15, 0.2) is 0 Å². The van der Waals surface area contributed by atoms with Gasteiger partial charge in [0.25, 0.3) is 0 Å². The second kappa shape index (κ2) is 8.19. The van der Waals surface area contributed by atoms with Crippen LogP contribution >= 0.6 is 0 Å². The van der Waals surface area contributed by atoms with Gasteiger partial charge in [-0.2, -0.15) is 13.2 Å². The number of urea groups is 1. The van der Waals surface area contributed by atoms with Crippen LogP contribution in [-0.4, -0.2) is 73.0 Å². The quantitative estimate of drug-likeness (QED) is 0.821. The molecule has 8 heteroatoms. The summed E-state index contributed by atoms with van der Waals surface area (Å²) in [6.45, 7) is 1.90. The van der Waals surface area contributed by atoms with Crippen molar-refractivity contribution in [3.8, 4) is 0 Å². The van der Waals surface area contributed by atoms with Crippen molar-refractivity contribution in [1.29, 1.82) is 0 Å². The number of nitrogens with zero attached hydrogens (tertiary/aromatic N) is 2. The first kappa shape index (κ1) is 18.3. The minimum Gasteiger partial charge on any atom is -0.396 e. The Morgan fingerprint density at radius 2 is 1.83 bits per heavy atom. The standard InChI is InChI=1S/C15H26F3N3O2/c16-15(17,18)11-20-6-3-12(4-7-20)8-19-14(23)21-5-1-2-13(9-21)10-22/h12-13,22H,1-11H2,(H,19,23). The number of hydrogen-bond acceptors (Lipinski definition) is 3. The van der Waals surface area contributed by atoms with Gasteiger partial charge < -0.3 is 15.3 Å². The average molecular weight is 337 g/mol. The van der Waals surface area contributed by atoms with Gasteiger partial charge in [0, 0.05) is 26.2 Å². The van der Waals surface area contributed by atoms with Crippen LogP contribution in [0.1, 0.15) is 25.7 Å². The first-order valence-electron chi connectivity index (χ1n) is 8.30. The Hall–Kier alpha value is -1.02. The molecule has 0 aromatic heterocycles. The molecule has 0 aromatic rings. The summed E-state index contributed by atoms with van der Waals surface area (Å²) in [5.74, 6) is 0.391. The number of likely N-dealkylation sites (tertiary alicyclic amines) is 2. The van der Waals surface area contributed by atoms with E-state index in [1.54, 1.807) is 4.90 Å². The molecule has 0 bridgehead atoms. The molecule has 2 rings (SSSR count). The van der Waals surface area contributed by atoms with Crippen molar-refractivity contribution < 1.29 is 23.1 Å². The Bertz CT molecular complexity index is 385. The fourth-order valence-corrected chi connectivity index (χ4v) is 3.34. The fourth-order valence-electron chi connectivity index (χ4n) is 3.34. The highest BCUT2D eigenvalue weighted by atomic mass is 19.4. The molecule has 0 saturated carbocycles. The second-order valence-corrected chi connectivity index (χ2v) is 6.66. The zero-order valence-corrected chi connectivity index (χ0v) is 13.3. The molecule has 2 aliphatic heterocycles. The van der Waals surface area contributed by atoms with Gasteiger partial charge in [-0.3, -0.25) is 4.90 Å². The van der Waals surface area contributed by atoms with Crippen LogP contribution in [0.3, 0.4) is 0 Å². The number of aliphatic hydroxyl groups is 1. The van der Waals surface area contributed by atoms with Gasteiger partial charge in [0.05, 0.1) is 6.54 Å². The summed E-state index contributed by atoms with van der Waals surface area (Å²) >= 11 is 0. The molecule has 1 unspecified atom stereocenters. The first-order valence-corrected chi connectivity index (χ1v) is 8.30. The lowest BCUT2D eigenvalue weighted by atomic mass is 9.96. The topological polar surface area (TPSA) is 55.8 Å². The van der Waals surface area contributed by atoms with Crippen LogP contribution in [0.5, 0.6) is 0 Å². The van der Waals surface area contributed by atoms with E-state index < -0.39 is 12.7 Å². The van der Waals surface area contributed by atoms with Gasteiger partial charge in [-0.1, -0.05) is 0 Å². The number of piperidine rings is 2. The van der Waals surface area contributed by atoms with E-state index in [-0.39, 0.29) is 24.5 Å². The SMILES string of the molecule is O=C(NCC1CCN(CC(F)(F)F)CC1)N1CCCC(CO)C1. The lowest BCUT2D eigenvalue weighted by Gasteiger charge is -2.34. The molecule has 23 heavy (non-hydrogen) atoms. The molecule has 0 aliphatic carbocycles. The molecule has 0 aromatic carbocycles. The summed E-state index contributed by atoms with van der Waals surface area (Å²) in [6.07, 6.45) is -0.948. The first-order chi connectivity index (χ1) is 10.9. The summed E-state index contributed by atoms with van der Waals surface area (Å²) in [5.41, 5.74) is 0. The number of halogens is 3. The summed E-state index contributed by atoms with van der Waals surface area (Å²) in [4.78, 5) is 15.3. The van der Waals surface area contributed by atoms with E-state index in [1.165, 1.54) is 4.90 Å². The molecule has 5 nitrogen and oxygen atoms in total. The average Bonchev–Trinajstić information content (AvgIpc) is 2.52. The third-order valence-corrected chi connectivity index (χ3v) is 4.72. The third kappa shape index (κ3) is 6.18. The monoisotopic (exact) mass is 337 g/mol. The van der Waals surface area contributed by atoms with Gasteiger partial charge in [-0.25, -0.2) is 4.79 Å². The van der Waals surface area contributed by atoms with Crippen LogP contribution < -0.4 is 5.32 Å². The van der Waals surface area contributed by atoms with E-state index >= 15 is 0 Å². The Kier molecular flexibility index (Phi) is 6.52. The van der Waals surface area contributed by atoms with Crippen LogP contribution in [0.4, 0.5) is 18.0 Å². The molecule has 1 atom stereocenters. The van der Waals surface area contributed by atoms with Crippen molar-refractivity contribution in [2.75, 3.05) is 45.9 Å². The molecule has 0 radical (unpaired) electrons. The van der Waals surface area contributed by atoms with Crippen molar-refractivity contribution in [3.63, 3.8) is 0 Å². The van der Waals surface area contributed by atoms with Crippen molar-refractivity contribution in [3.05, 3.63) is 0 Å². The zero-order chi connectivity index (χ0) is 16.9. The molecular formula is C15H26F3N3O2. The highest BCUT2D eigenvalue weighted by molar-refractivity contribution is 5.74. The molecule has 2 amide bonds. The summed E-state index contributed by atoms with van der Waals surface area (Å²) in [6, 6.07) is -0.124. The zero-order valence-electron chi connectivity index (χ0n) is 13.3. The Morgan fingerprint density at radius 1 is 1.13 bits per heavy atom. The van der Waals surface area contributed by atoms with Crippen LogP contribution in [-0.2, 0) is 0 Å². The summed E-state index contributed by atoms with van der Waals surface area (Å²) < 4.78 is 37.0. The van der Waals surface area contributed by atoms with E-state index in [0.717, 1.165) is 12.8 Å². The Balaban J connectivity index is 1.66. The molecule has 0 spiro atoms. The molecule has 2 saturated heterocycles. The van der Waals surface area contributed by atoms with Gasteiger partial charge in [-0.05, 0) is 50.6 Å². The van der Waals surface area contributed by atoms with Crippen molar-refractivity contribution >= 4 is 6.03 Å². The Labute approximate surface area is 134 Å². The highest BCUT2D eigenvalue weighted by Gasteiger charge is 2.32. The van der Waals surface area contributed by atoms with Crippen LogP contribution in [0.2, 0.25) is 0 Å². The van der Waals surface area contributed by atoms with Gasteiger partial charge in [0.1, 0.15) is 0 Å². The third-order valence-electron chi connectivity index (χ3n) is 4.72. The summed E-state index contributed by atoms with van der Waals surface area (Å²) in [5, 5.41) is 12.1. The largest absolute Gasteiger partial charge is 0.401 e. The molecule has 2 fully saturated rings. The molecule has 134 valence electrons. The number of carbonyl (C=O) groups is 1. The minimum atomic E-state index is -4.14. The number of nitrogens with one attached hydrogen (secondary N) is 1. The smallest absolute Gasteiger partial charge is 0.396 e. The lowest BCUT2D eigenvalue weighted by molar-refractivity contribution is -0.148. The van der Waals surface area contributed by atoms with E-state index in [4.69, 9.17) is 0 Å². The number of alkyl halides is 3. The molecule has 2 N–H and O–H groups in total. The predicted octanol–water partition coefficient (Wildman–Crippen LogP) is 1.67. The predicted molar refractivity (Wildman–Crippen MR) is 80.0 cm³/mol. The lowest BCUT2D eigenvalue weighted by Crippen LogP contribution is -2.48. The van der Waals surface area contributed by atoms with Gasteiger partial charge in [0.2, 0.25) is 0 Å². The molecular weight excluding hydrogens is 311 g/mol. The van der Waals surface area contributed by atoms with E-state index in [0.29, 0.717) is 45.6 Å². The number of amides is 2. The van der Waals surface area contributed by atoms with E-state index in [2.05, 4.69) is 5.32 Å². The highest BCUT2D eigenvalue weighted by Crippen LogP contribution is 2.22. The second-order valence-electron chi connectivity index (χ2n) is 6.66. The van der Waals surface area contributed by atoms with E-state index in [9.17, 15) is 23.1 Å². The van der Waals surface area contributed by atoms with Gasteiger partial charge in [-0.15, -0.1) is 0 Å². The van der Waals surface area contributed by atoms with Crippen LogP contribution in [0.25, 0.3) is 0 Å². The van der Waals surface area contributed by atoms with Crippen molar-refractivity contribution in [2.45, 2.75) is 31.9 Å². The summed E-state index contributed by atoms with van der Waals surface area (Å²) in [7, 11) is 0. The Morgan fingerprint density at radius 3 is 2.43 bits per heavy atom. The minimum absolute atomic E-state index is 0.0987. The number of hydrogen-bond donors (Lipinski definition) is 2. The molecule has 2 aliphatic rings. The van der Waals surface area contributed by atoms with Crippen molar-refractivity contribution in [1.82, 2.24) is 15.1 Å². The van der Waals surface area contributed by atoms with Crippen LogP contribution in [0, 0.1) is 11.8 Å². The normalized spacial score (nSPS) is 24.7. The number of aliphatic hydroxyl groups excluding tert-OH is 1. The maximum absolute atomic E-state index is 12.3. The molecule has 2 heterocycles. The maximum atomic E-state index is 12.3. The van der Waals surface area contributed by atoms with Crippen molar-refractivity contribution in [2.24, 2.45) is 11.8 Å².